The van der Waals surface area contributed by atoms with E-state index in [0.29, 0.717) is 0 Å². The Morgan fingerprint density at radius 3 is 2.88 bits per heavy atom. The number of nitrogens with zero attached hydrogens (tertiary/aromatic N) is 2. The van der Waals surface area contributed by atoms with Crippen molar-refractivity contribution in [1.29, 1.82) is 0 Å². The molecule has 126 valence electrons. The number of benzene rings is 2. The van der Waals surface area contributed by atoms with E-state index in [4.69, 9.17) is 0 Å². The molecule has 0 fully saturated rings. The van der Waals surface area contributed by atoms with Gasteiger partial charge in [0.15, 0.2) is 0 Å². The third-order valence-electron chi connectivity index (χ3n) is 4.44. The van der Waals surface area contributed by atoms with Crippen LogP contribution < -0.4 is 5.32 Å². The summed E-state index contributed by atoms with van der Waals surface area (Å²) < 4.78 is 15.2. The number of amides is 1. The molecule has 0 atom stereocenters. The summed E-state index contributed by atoms with van der Waals surface area (Å²) in [6.45, 7) is 0.992. The zero-order valence-electron chi connectivity index (χ0n) is 13.7. The molecule has 0 aliphatic carbocycles. The van der Waals surface area contributed by atoms with Crippen molar-refractivity contribution in [3.63, 3.8) is 0 Å². The van der Waals surface area contributed by atoms with E-state index >= 15 is 0 Å². The lowest BCUT2D eigenvalue weighted by atomic mass is 10.1. The molecule has 25 heavy (non-hydrogen) atoms. The van der Waals surface area contributed by atoms with Crippen LogP contribution in [-0.2, 0) is 24.2 Å². The van der Waals surface area contributed by atoms with Gasteiger partial charge in [-0.1, -0.05) is 24.3 Å². The van der Waals surface area contributed by atoms with Gasteiger partial charge in [0.25, 0.3) is 0 Å². The van der Waals surface area contributed by atoms with Gasteiger partial charge >= 0.3 is 0 Å². The molecular formula is C20H18FN3O. The lowest BCUT2D eigenvalue weighted by Gasteiger charge is -2.09. The van der Waals surface area contributed by atoms with Crippen LogP contribution in [0.1, 0.15) is 17.8 Å². The van der Waals surface area contributed by atoms with Gasteiger partial charge in [0.05, 0.1) is 18.3 Å². The molecule has 2 aromatic carbocycles. The fraction of sp³-hybridized carbons (Fsp3) is 0.200. The molecule has 4 rings (SSSR count). The van der Waals surface area contributed by atoms with Crippen molar-refractivity contribution >= 4 is 11.6 Å². The minimum absolute atomic E-state index is 0.123. The lowest BCUT2D eigenvalue weighted by molar-refractivity contribution is -0.115. The SMILES string of the molecule is O=C(Cc1ccc(F)cc1)Nc1cccc(-c2cnc3n2CCC3)c1. The van der Waals surface area contributed by atoms with Crippen LogP contribution in [0.3, 0.4) is 0 Å². The first-order chi connectivity index (χ1) is 12.2. The van der Waals surface area contributed by atoms with Crippen molar-refractivity contribution in [3.05, 3.63) is 71.9 Å². The topological polar surface area (TPSA) is 46.9 Å². The highest BCUT2D eigenvalue weighted by Crippen LogP contribution is 2.27. The van der Waals surface area contributed by atoms with Crippen molar-refractivity contribution in [2.75, 3.05) is 5.32 Å². The van der Waals surface area contributed by atoms with Gasteiger partial charge in [-0.15, -0.1) is 0 Å². The highest BCUT2D eigenvalue weighted by atomic mass is 19.1. The largest absolute Gasteiger partial charge is 0.328 e. The number of aryl methyl sites for hydroxylation is 1. The Balaban J connectivity index is 1.49. The minimum Gasteiger partial charge on any atom is -0.328 e. The number of aromatic nitrogens is 2. The van der Waals surface area contributed by atoms with Crippen molar-refractivity contribution in [1.82, 2.24) is 9.55 Å². The smallest absolute Gasteiger partial charge is 0.228 e. The number of carbonyl (C=O) groups is 1. The standard InChI is InChI=1S/C20H18FN3O/c21-16-8-6-14(7-9-16)11-20(25)23-17-4-1-3-15(12-17)18-13-22-19-5-2-10-24(18)19/h1,3-4,6-9,12-13H,2,5,10-11H2,(H,23,25). The molecule has 0 bridgehead atoms. The maximum Gasteiger partial charge on any atom is 0.228 e. The fourth-order valence-electron chi connectivity index (χ4n) is 3.24. The third kappa shape index (κ3) is 3.31. The lowest BCUT2D eigenvalue weighted by Crippen LogP contribution is -2.14. The van der Waals surface area contributed by atoms with E-state index in [1.807, 2.05) is 30.5 Å². The van der Waals surface area contributed by atoms with Crippen LogP contribution in [0.25, 0.3) is 11.3 Å². The molecule has 1 N–H and O–H groups in total. The van der Waals surface area contributed by atoms with E-state index in [0.717, 1.165) is 47.7 Å². The van der Waals surface area contributed by atoms with E-state index in [9.17, 15) is 9.18 Å². The van der Waals surface area contributed by atoms with Gasteiger partial charge in [0.1, 0.15) is 11.6 Å². The maximum absolute atomic E-state index is 12.9. The first-order valence-corrected chi connectivity index (χ1v) is 8.38. The predicted octanol–water partition coefficient (Wildman–Crippen LogP) is 3.82. The molecule has 0 saturated carbocycles. The number of anilines is 1. The summed E-state index contributed by atoms with van der Waals surface area (Å²) in [5, 5.41) is 2.91. The second kappa shape index (κ2) is 6.51. The molecule has 1 aromatic heterocycles. The molecule has 1 aliphatic rings. The molecule has 0 radical (unpaired) electrons. The molecule has 4 nitrogen and oxygen atoms in total. The molecule has 5 heteroatoms. The Bertz CT molecular complexity index is 915. The van der Waals surface area contributed by atoms with Gasteiger partial charge in [-0.25, -0.2) is 9.37 Å². The van der Waals surface area contributed by atoms with Crippen LogP contribution in [0.5, 0.6) is 0 Å². The van der Waals surface area contributed by atoms with Gasteiger partial charge in [0.2, 0.25) is 5.91 Å². The average molecular weight is 335 g/mol. The highest BCUT2D eigenvalue weighted by molar-refractivity contribution is 5.92. The number of imidazole rings is 1. The van der Waals surface area contributed by atoms with E-state index in [2.05, 4.69) is 14.9 Å². The summed E-state index contributed by atoms with van der Waals surface area (Å²) in [5.41, 5.74) is 3.66. The second-order valence-electron chi connectivity index (χ2n) is 6.25. The van der Waals surface area contributed by atoms with E-state index in [-0.39, 0.29) is 18.1 Å². The summed E-state index contributed by atoms with van der Waals surface area (Å²) >= 11 is 0. The van der Waals surface area contributed by atoms with Gasteiger partial charge in [-0.05, 0) is 36.2 Å². The predicted molar refractivity (Wildman–Crippen MR) is 94.7 cm³/mol. The third-order valence-corrected chi connectivity index (χ3v) is 4.44. The Labute approximate surface area is 145 Å². The first-order valence-electron chi connectivity index (χ1n) is 8.38. The molecule has 1 amide bonds. The zero-order chi connectivity index (χ0) is 17.2. The molecule has 0 saturated heterocycles. The summed E-state index contributed by atoms with van der Waals surface area (Å²) in [6, 6.07) is 13.8. The van der Waals surface area contributed by atoms with Crippen LogP contribution >= 0.6 is 0 Å². The number of fused-ring (bicyclic) bond motifs is 1. The van der Waals surface area contributed by atoms with Crippen molar-refractivity contribution in [2.45, 2.75) is 25.8 Å². The number of hydrogen-bond donors (Lipinski definition) is 1. The Morgan fingerprint density at radius 2 is 2.04 bits per heavy atom. The summed E-state index contributed by atoms with van der Waals surface area (Å²) in [6.07, 6.45) is 4.26. The Kier molecular flexibility index (Phi) is 4.06. The molecule has 1 aliphatic heterocycles. The van der Waals surface area contributed by atoms with Crippen LogP contribution in [0.2, 0.25) is 0 Å². The number of halogens is 1. The summed E-state index contributed by atoms with van der Waals surface area (Å²) in [4.78, 5) is 16.7. The van der Waals surface area contributed by atoms with E-state index in [1.165, 1.54) is 12.1 Å². The second-order valence-corrected chi connectivity index (χ2v) is 6.25. The van der Waals surface area contributed by atoms with Gasteiger partial charge < -0.3 is 9.88 Å². The maximum atomic E-state index is 12.9. The summed E-state index contributed by atoms with van der Waals surface area (Å²) in [7, 11) is 0. The van der Waals surface area contributed by atoms with Crippen LogP contribution in [0, 0.1) is 5.82 Å². The van der Waals surface area contributed by atoms with Crippen molar-refractivity contribution in [2.24, 2.45) is 0 Å². The zero-order valence-corrected chi connectivity index (χ0v) is 13.7. The average Bonchev–Trinajstić information content (AvgIpc) is 3.20. The summed E-state index contributed by atoms with van der Waals surface area (Å²) in [5.74, 6) is 0.702. The van der Waals surface area contributed by atoms with Crippen molar-refractivity contribution < 1.29 is 9.18 Å². The van der Waals surface area contributed by atoms with Crippen molar-refractivity contribution in [3.8, 4) is 11.3 Å². The van der Waals surface area contributed by atoms with Crippen LogP contribution in [0.4, 0.5) is 10.1 Å². The molecule has 2 heterocycles. The van der Waals surface area contributed by atoms with Gasteiger partial charge in [0, 0.05) is 24.2 Å². The van der Waals surface area contributed by atoms with Crippen LogP contribution in [-0.4, -0.2) is 15.5 Å². The number of nitrogens with one attached hydrogen (secondary N) is 1. The molecule has 3 aromatic rings. The quantitative estimate of drug-likeness (QED) is 0.788. The van der Waals surface area contributed by atoms with E-state index < -0.39 is 0 Å². The Hall–Kier alpha value is -2.95. The number of rotatable bonds is 4. The van der Waals surface area contributed by atoms with Gasteiger partial charge in [-0.2, -0.15) is 0 Å². The molecular weight excluding hydrogens is 317 g/mol. The fourth-order valence-corrected chi connectivity index (χ4v) is 3.24. The monoisotopic (exact) mass is 335 g/mol. The Morgan fingerprint density at radius 1 is 1.20 bits per heavy atom. The minimum atomic E-state index is -0.301. The first kappa shape index (κ1) is 15.6. The van der Waals surface area contributed by atoms with Crippen LogP contribution in [0.15, 0.2) is 54.7 Å². The number of hydrogen-bond acceptors (Lipinski definition) is 2. The van der Waals surface area contributed by atoms with E-state index in [1.54, 1.807) is 12.1 Å². The number of carbonyl (C=O) groups excluding carboxylic acids is 1. The highest BCUT2D eigenvalue weighted by Gasteiger charge is 2.16. The van der Waals surface area contributed by atoms with Gasteiger partial charge in [-0.3, -0.25) is 4.79 Å². The normalized spacial score (nSPS) is 12.8. The molecule has 0 spiro atoms. The molecule has 0 unspecified atom stereocenters.